The summed E-state index contributed by atoms with van der Waals surface area (Å²) in [7, 11) is 1.93. The number of carboxylic acids is 1. The third-order valence-corrected chi connectivity index (χ3v) is 3.34. The van der Waals surface area contributed by atoms with Gasteiger partial charge in [-0.15, -0.1) is 0 Å². The predicted molar refractivity (Wildman–Crippen MR) is 68.2 cm³/mol. The van der Waals surface area contributed by atoms with E-state index in [2.05, 4.69) is 10.3 Å². The molecule has 0 fully saturated rings. The van der Waals surface area contributed by atoms with Gasteiger partial charge in [0.05, 0.1) is 0 Å². The van der Waals surface area contributed by atoms with E-state index in [9.17, 15) is 4.79 Å². The number of rotatable bonds is 7. The Bertz CT molecular complexity index is 365. The van der Waals surface area contributed by atoms with E-state index >= 15 is 0 Å². The molecule has 0 radical (unpaired) electrons. The lowest BCUT2D eigenvalue weighted by molar-refractivity contribution is -0.139. The van der Waals surface area contributed by atoms with E-state index in [4.69, 9.17) is 5.11 Å². The van der Waals surface area contributed by atoms with Gasteiger partial charge in [0.2, 0.25) is 0 Å². The number of carbonyl (C=O) groups is 1. The molecule has 5 nitrogen and oxygen atoms in total. The van der Waals surface area contributed by atoms with Gasteiger partial charge in [0, 0.05) is 31.2 Å². The van der Waals surface area contributed by atoms with Crippen molar-refractivity contribution in [2.45, 2.75) is 37.5 Å². The Hall–Kier alpha value is -1.01. The molecule has 0 spiro atoms. The van der Waals surface area contributed by atoms with Gasteiger partial charge >= 0.3 is 5.97 Å². The summed E-state index contributed by atoms with van der Waals surface area (Å²) in [5.41, 5.74) is 0. The average molecular weight is 257 g/mol. The number of nitrogens with one attached hydrogen (secondary N) is 1. The second-order valence-corrected chi connectivity index (χ2v) is 5.23. The molecule has 1 unspecified atom stereocenters. The van der Waals surface area contributed by atoms with Crippen LogP contribution in [0, 0.1) is 0 Å². The number of aromatic nitrogens is 2. The molecule has 0 amide bonds. The van der Waals surface area contributed by atoms with Crippen LogP contribution in [-0.4, -0.2) is 38.5 Å². The molecule has 1 atom stereocenters. The lowest BCUT2D eigenvalue weighted by Gasteiger charge is -2.16. The molecule has 2 N–H and O–H groups in total. The maximum atomic E-state index is 11.0. The number of hydrogen-bond acceptors (Lipinski definition) is 4. The molecule has 96 valence electrons. The fourth-order valence-corrected chi connectivity index (χ4v) is 2.38. The van der Waals surface area contributed by atoms with Crippen LogP contribution in [0.1, 0.15) is 20.3 Å². The van der Waals surface area contributed by atoms with Crippen LogP contribution in [0.4, 0.5) is 0 Å². The maximum absolute atomic E-state index is 11.0. The number of aliphatic carboxylic acids is 1. The zero-order chi connectivity index (χ0) is 12.8. The van der Waals surface area contributed by atoms with Crippen molar-refractivity contribution in [3.63, 3.8) is 0 Å². The van der Waals surface area contributed by atoms with Crippen molar-refractivity contribution in [1.29, 1.82) is 0 Å². The molecule has 0 aromatic carbocycles. The number of thioether (sulfide) groups is 1. The van der Waals surface area contributed by atoms with Crippen LogP contribution in [0.25, 0.3) is 0 Å². The number of aryl methyl sites for hydroxylation is 1. The lowest BCUT2D eigenvalue weighted by atomic mass is 10.2. The van der Waals surface area contributed by atoms with Gasteiger partial charge in [-0.2, -0.15) is 0 Å². The molecule has 1 heterocycles. The fourth-order valence-electron chi connectivity index (χ4n) is 1.44. The Balaban J connectivity index is 2.37. The van der Waals surface area contributed by atoms with Crippen LogP contribution >= 0.6 is 11.8 Å². The van der Waals surface area contributed by atoms with Crippen LogP contribution in [0.15, 0.2) is 17.6 Å². The highest BCUT2D eigenvalue weighted by Gasteiger charge is 2.17. The first-order valence-corrected chi connectivity index (χ1v) is 6.58. The summed E-state index contributed by atoms with van der Waals surface area (Å²) in [6.45, 7) is 3.89. The third-order valence-electron chi connectivity index (χ3n) is 2.25. The summed E-state index contributed by atoms with van der Waals surface area (Å²) in [6.07, 6.45) is 4.21. The third kappa shape index (κ3) is 4.79. The molecule has 0 aliphatic carbocycles. The minimum Gasteiger partial charge on any atom is -0.480 e. The molecule has 1 aromatic rings. The van der Waals surface area contributed by atoms with Crippen molar-refractivity contribution < 1.29 is 9.90 Å². The van der Waals surface area contributed by atoms with Gasteiger partial charge in [0.15, 0.2) is 5.16 Å². The zero-order valence-corrected chi connectivity index (χ0v) is 11.2. The fraction of sp³-hybridized carbons (Fsp3) is 0.636. The van der Waals surface area contributed by atoms with Crippen LogP contribution in [0.5, 0.6) is 0 Å². The topological polar surface area (TPSA) is 67.2 Å². The summed E-state index contributed by atoms with van der Waals surface area (Å²) >= 11 is 1.58. The predicted octanol–water partition coefficient (Wildman–Crippen LogP) is 1.35. The van der Waals surface area contributed by atoms with Crippen molar-refractivity contribution in [1.82, 2.24) is 14.9 Å². The van der Waals surface area contributed by atoms with Gasteiger partial charge in [-0.3, -0.25) is 4.79 Å². The summed E-state index contributed by atoms with van der Waals surface area (Å²) in [4.78, 5) is 15.2. The highest BCUT2D eigenvalue weighted by molar-refractivity contribution is 7.99. The number of carboxylic acid groups (broad SMARTS) is 1. The maximum Gasteiger partial charge on any atom is 0.320 e. The van der Waals surface area contributed by atoms with Gasteiger partial charge in [0.1, 0.15) is 6.04 Å². The van der Waals surface area contributed by atoms with Gasteiger partial charge in [0.25, 0.3) is 0 Å². The van der Waals surface area contributed by atoms with E-state index in [0.29, 0.717) is 6.42 Å². The van der Waals surface area contributed by atoms with Crippen LogP contribution in [0.3, 0.4) is 0 Å². The van der Waals surface area contributed by atoms with Crippen molar-refractivity contribution in [2.75, 3.05) is 5.75 Å². The first-order chi connectivity index (χ1) is 8.00. The Kier molecular flexibility index (Phi) is 5.50. The van der Waals surface area contributed by atoms with Crippen molar-refractivity contribution in [3.8, 4) is 0 Å². The van der Waals surface area contributed by atoms with Crippen molar-refractivity contribution in [3.05, 3.63) is 12.4 Å². The lowest BCUT2D eigenvalue weighted by Crippen LogP contribution is -2.41. The highest BCUT2D eigenvalue weighted by atomic mass is 32.2. The van der Waals surface area contributed by atoms with Crippen LogP contribution < -0.4 is 5.32 Å². The quantitative estimate of drug-likeness (QED) is 0.722. The van der Waals surface area contributed by atoms with Gasteiger partial charge in [-0.25, -0.2) is 4.98 Å². The number of nitrogens with zero attached hydrogens (tertiary/aromatic N) is 2. The normalized spacial score (nSPS) is 12.9. The smallest absolute Gasteiger partial charge is 0.320 e. The Labute approximate surface area is 106 Å². The van der Waals surface area contributed by atoms with Crippen LogP contribution in [0.2, 0.25) is 0 Å². The van der Waals surface area contributed by atoms with Gasteiger partial charge < -0.3 is 15.0 Å². The second-order valence-electron chi connectivity index (χ2n) is 4.17. The second kappa shape index (κ2) is 6.66. The number of hydrogen-bond donors (Lipinski definition) is 2. The largest absolute Gasteiger partial charge is 0.480 e. The zero-order valence-electron chi connectivity index (χ0n) is 10.4. The SMILES string of the molecule is CC(C)NC(CCSc1nccn1C)C(=O)O. The van der Waals surface area contributed by atoms with Crippen molar-refractivity contribution >= 4 is 17.7 Å². The minimum absolute atomic E-state index is 0.175. The van der Waals surface area contributed by atoms with E-state index in [0.717, 1.165) is 10.9 Å². The molecule has 0 aliphatic heterocycles. The molecule has 0 bridgehead atoms. The Morgan fingerprint density at radius 3 is 2.82 bits per heavy atom. The molecular weight excluding hydrogens is 238 g/mol. The minimum atomic E-state index is -0.792. The van der Waals surface area contributed by atoms with Gasteiger partial charge in [-0.1, -0.05) is 25.6 Å². The summed E-state index contributed by atoms with van der Waals surface area (Å²) in [6, 6.07) is -0.308. The Morgan fingerprint density at radius 1 is 1.65 bits per heavy atom. The summed E-state index contributed by atoms with van der Waals surface area (Å²) in [5, 5.41) is 13.0. The summed E-state index contributed by atoms with van der Waals surface area (Å²) < 4.78 is 1.93. The first kappa shape index (κ1) is 14.1. The molecule has 17 heavy (non-hydrogen) atoms. The monoisotopic (exact) mass is 257 g/mol. The van der Waals surface area contributed by atoms with Gasteiger partial charge in [-0.05, 0) is 6.42 Å². The summed E-state index contributed by atoms with van der Waals surface area (Å²) in [5.74, 6) is -0.0548. The molecule has 1 aromatic heterocycles. The van der Waals surface area contributed by atoms with E-state index in [-0.39, 0.29) is 6.04 Å². The van der Waals surface area contributed by atoms with Crippen molar-refractivity contribution in [2.24, 2.45) is 7.05 Å². The standard InChI is InChI=1S/C11H19N3O2S/c1-8(2)13-9(10(15)16)4-7-17-11-12-5-6-14(11)3/h5-6,8-9,13H,4,7H2,1-3H3,(H,15,16). The molecule has 0 aliphatic rings. The van der Waals surface area contributed by atoms with E-state index < -0.39 is 12.0 Å². The highest BCUT2D eigenvalue weighted by Crippen LogP contribution is 2.16. The van der Waals surface area contributed by atoms with E-state index in [1.54, 1.807) is 18.0 Å². The van der Waals surface area contributed by atoms with E-state index in [1.165, 1.54) is 0 Å². The Morgan fingerprint density at radius 2 is 2.35 bits per heavy atom. The average Bonchev–Trinajstić information content (AvgIpc) is 2.62. The van der Waals surface area contributed by atoms with E-state index in [1.807, 2.05) is 31.7 Å². The molecule has 6 heteroatoms. The molecular formula is C11H19N3O2S. The first-order valence-electron chi connectivity index (χ1n) is 5.59. The number of imidazole rings is 1. The molecule has 0 saturated heterocycles. The molecule has 0 saturated carbocycles. The molecule has 1 rings (SSSR count). The van der Waals surface area contributed by atoms with Crippen LogP contribution in [-0.2, 0) is 11.8 Å².